The van der Waals surface area contributed by atoms with Crippen LogP contribution in [0.4, 0.5) is 0 Å². The van der Waals surface area contributed by atoms with Crippen molar-refractivity contribution in [3.63, 3.8) is 0 Å². The smallest absolute Gasteiger partial charge is 0.463 e. The molecule has 2 atom stereocenters. The lowest BCUT2D eigenvalue weighted by Gasteiger charge is -2.32. The summed E-state index contributed by atoms with van der Waals surface area (Å²) < 4.78 is 54.6. The summed E-state index contributed by atoms with van der Waals surface area (Å²) >= 11 is 0. The standard InChI is InChI=1S/C38H50BNO4.C32H39NO2.C7H15BO2/c1-24-20-29(39-43-37(8,9)38(10,11)44-39)34(42-33-14-12-13-19-41-33)32(21-24)40-30-17-15-25(35(2,3)4)22-27(30)28-23-26(36(5,6)7)16-18-31(28)40;1-21-11-16-29(35-30-10-8-9-17-34-30)28(18-21)33-26-14-12-22(31(2,3)4)19-24(26)25-20-23(32(5,6)7)13-15-27(25)33;1-6(2)7(3,4)10-8(5)9-6/h15-18,20-23,33H,12-14,19H2,1-11H3;11-16,18-20,30H,8-10,17H2,1-7H3;1-5H3. The third-order valence-electron chi connectivity index (χ3n) is 19.5. The number of nitrogens with zero attached hydrogens (tertiary/aromatic N) is 2. The molecule has 0 N–H and O–H groups in total. The van der Waals surface area contributed by atoms with Crippen molar-refractivity contribution < 1.29 is 37.6 Å². The van der Waals surface area contributed by atoms with E-state index in [4.69, 9.17) is 37.6 Å². The average molecular weight is 1210 g/mol. The Morgan fingerprint density at radius 3 is 1.12 bits per heavy atom. The summed E-state index contributed by atoms with van der Waals surface area (Å²) in [6.07, 6.45) is 5.68. The Morgan fingerprint density at radius 2 is 0.775 bits per heavy atom. The van der Waals surface area contributed by atoms with Gasteiger partial charge in [-0.25, -0.2) is 0 Å². The minimum atomic E-state index is -0.565. The normalized spacial score (nSPS) is 20.2. The van der Waals surface area contributed by atoms with Gasteiger partial charge < -0.3 is 46.7 Å². The van der Waals surface area contributed by atoms with E-state index in [1.165, 1.54) is 60.4 Å². The number of fused-ring (bicyclic) bond motifs is 6. The van der Waals surface area contributed by atoms with Gasteiger partial charge in [0.1, 0.15) is 11.5 Å². The molecule has 89 heavy (non-hydrogen) atoms. The molecule has 6 heterocycles. The second-order valence-corrected chi connectivity index (χ2v) is 32.0. The second-order valence-electron chi connectivity index (χ2n) is 32.0. The van der Waals surface area contributed by atoms with Crippen molar-refractivity contribution in [3.8, 4) is 22.9 Å². The van der Waals surface area contributed by atoms with Gasteiger partial charge in [0.25, 0.3) is 0 Å². The molecule has 12 rings (SSSR count). The monoisotopic (exact) mass is 1210 g/mol. The molecule has 0 aliphatic carbocycles. The largest absolute Gasteiger partial charge is 0.498 e. The summed E-state index contributed by atoms with van der Waals surface area (Å²) in [6, 6.07) is 38.7. The zero-order valence-corrected chi connectivity index (χ0v) is 58.4. The van der Waals surface area contributed by atoms with Crippen molar-refractivity contribution in [3.05, 3.63) is 137 Å². The van der Waals surface area contributed by atoms with Gasteiger partial charge in [-0.3, -0.25) is 0 Å². The Hall–Kier alpha value is -5.59. The van der Waals surface area contributed by atoms with Crippen LogP contribution in [0.2, 0.25) is 6.82 Å². The highest BCUT2D eigenvalue weighted by atomic mass is 16.7. The molecule has 0 amide bonds. The van der Waals surface area contributed by atoms with Gasteiger partial charge in [-0.2, -0.15) is 0 Å². The molecule has 12 heteroatoms. The van der Waals surface area contributed by atoms with Crippen LogP contribution in [0.3, 0.4) is 0 Å². The highest BCUT2D eigenvalue weighted by molar-refractivity contribution is 6.63. The molecule has 2 unspecified atom stereocenters. The molecule has 4 saturated heterocycles. The first kappa shape index (κ1) is 66.3. The van der Waals surface area contributed by atoms with Gasteiger partial charge in [0.2, 0.25) is 0 Å². The number of aryl methyl sites for hydroxylation is 2. The highest BCUT2D eigenvalue weighted by Crippen LogP contribution is 2.45. The maximum atomic E-state index is 6.90. The van der Waals surface area contributed by atoms with Gasteiger partial charge in [0.05, 0.1) is 69.1 Å². The van der Waals surface area contributed by atoms with Gasteiger partial charge in [-0.1, -0.05) is 119 Å². The first-order valence-corrected chi connectivity index (χ1v) is 33.1. The van der Waals surface area contributed by atoms with Crippen molar-refractivity contribution in [2.45, 2.75) is 254 Å². The van der Waals surface area contributed by atoms with Crippen molar-refractivity contribution in [2.24, 2.45) is 0 Å². The Balaban J connectivity index is 0.000000173. The van der Waals surface area contributed by atoms with Crippen LogP contribution < -0.4 is 14.9 Å². The third kappa shape index (κ3) is 13.7. The predicted molar refractivity (Wildman–Crippen MR) is 372 cm³/mol. The molecular formula is C77H104B2N2O8. The van der Waals surface area contributed by atoms with E-state index in [1.54, 1.807) is 0 Å². The zero-order chi connectivity index (χ0) is 64.8. The van der Waals surface area contributed by atoms with E-state index >= 15 is 0 Å². The van der Waals surface area contributed by atoms with Gasteiger partial charge in [-0.15, -0.1) is 0 Å². The summed E-state index contributed by atoms with van der Waals surface area (Å²) in [5, 5.41) is 5.08. The number of hydrogen-bond donors (Lipinski definition) is 0. The third-order valence-corrected chi connectivity index (χ3v) is 19.5. The molecule has 4 aliphatic rings. The van der Waals surface area contributed by atoms with Crippen LogP contribution in [0.15, 0.2) is 103 Å². The fourth-order valence-electron chi connectivity index (χ4n) is 12.6. The van der Waals surface area contributed by atoms with E-state index in [0.717, 1.165) is 90.1 Å². The van der Waals surface area contributed by atoms with Crippen molar-refractivity contribution in [2.75, 3.05) is 13.2 Å². The van der Waals surface area contributed by atoms with Crippen LogP contribution in [0.25, 0.3) is 55.0 Å². The molecule has 0 spiro atoms. The first-order valence-electron chi connectivity index (χ1n) is 33.1. The molecule has 2 aromatic heterocycles. The highest BCUT2D eigenvalue weighted by Gasteiger charge is 2.53. The molecule has 0 bridgehead atoms. The quantitative estimate of drug-likeness (QED) is 0.146. The maximum Gasteiger partial charge on any atom is 0.498 e. The SMILES string of the molecule is CB1OC(C)(C)C(C)(C)O1.Cc1cc(B2OC(C)(C)C(C)(C)O2)c(OC2CCCCO2)c(-n2c3ccc(C(C)(C)C)cc3c3cc(C(C)(C)C)ccc32)c1.Cc1ccc(OC2CCCCO2)c(-n2c3ccc(C(C)(C)C)cc3c3cc(C(C)(C)C)ccc32)c1. The van der Waals surface area contributed by atoms with Crippen LogP contribution in [-0.2, 0) is 49.8 Å². The number of benzene rings is 6. The number of ether oxygens (including phenoxy) is 4. The lowest BCUT2D eigenvalue weighted by atomic mass is 9.77. The second kappa shape index (κ2) is 24.1. The van der Waals surface area contributed by atoms with E-state index in [0.29, 0.717) is 6.61 Å². The van der Waals surface area contributed by atoms with E-state index in [2.05, 4.69) is 265 Å². The van der Waals surface area contributed by atoms with Gasteiger partial charge in [0, 0.05) is 39.8 Å². The average Bonchev–Trinajstić information content (AvgIpc) is 1.60. The predicted octanol–water partition coefficient (Wildman–Crippen LogP) is 19.2. The molecule has 0 saturated carbocycles. The van der Waals surface area contributed by atoms with E-state index in [-0.39, 0.29) is 52.6 Å². The van der Waals surface area contributed by atoms with Crippen LogP contribution in [0.5, 0.6) is 11.5 Å². The van der Waals surface area contributed by atoms with Gasteiger partial charge >= 0.3 is 14.2 Å². The summed E-state index contributed by atoms with van der Waals surface area (Å²) in [5.74, 6) is 1.64. The first-order chi connectivity index (χ1) is 41.3. The maximum absolute atomic E-state index is 6.90. The number of aromatic nitrogens is 2. The topological polar surface area (TPSA) is 83.7 Å². The minimum Gasteiger partial charge on any atom is -0.463 e. The summed E-state index contributed by atoms with van der Waals surface area (Å²) in [6.45, 7) is 51.7. The van der Waals surface area contributed by atoms with E-state index in [1.807, 2.05) is 6.82 Å². The Kier molecular flexibility index (Phi) is 18.0. The van der Waals surface area contributed by atoms with Crippen molar-refractivity contribution in [1.82, 2.24) is 9.13 Å². The molecule has 8 aromatic rings. The summed E-state index contributed by atoms with van der Waals surface area (Å²) in [7, 11) is -0.629. The minimum absolute atomic E-state index is 0.0319. The molecule has 0 radical (unpaired) electrons. The zero-order valence-electron chi connectivity index (χ0n) is 58.4. The fraction of sp³-hybridized carbons (Fsp3) is 0.532. The van der Waals surface area contributed by atoms with Gasteiger partial charge in [0.15, 0.2) is 12.6 Å². The molecule has 6 aromatic carbocycles. The van der Waals surface area contributed by atoms with Crippen LogP contribution in [-0.4, -0.2) is 71.6 Å². The van der Waals surface area contributed by atoms with Crippen LogP contribution in [0.1, 0.15) is 210 Å². The lowest BCUT2D eigenvalue weighted by molar-refractivity contribution is -0.106. The van der Waals surface area contributed by atoms with Crippen molar-refractivity contribution in [1.29, 1.82) is 0 Å². The molecule has 4 aliphatic heterocycles. The molecule has 476 valence electrons. The summed E-state index contributed by atoms with van der Waals surface area (Å²) in [5.41, 5.74) is 14.3. The van der Waals surface area contributed by atoms with Crippen molar-refractivity contribution >= 4 is 63.3 Å². The number of rotatable bonds is 7. The molecule has 10 nitrogen and oxygen atoms in total. The summed E-state index contributed by atoms with van der Waals surface area (Å²) in [4.78, 5) is 0. The Morgan fingerprint density at radius 1 is 0.416 bits per heavy atom. The molecular weight excluding hydrogens is 1100 g/mol. The van der Waals surface area contributed by atoms with E-state index < -0.39 is 18.3 Å². The Bertz CT molecular complexity index is 3710. The number of hydrogen-bond acceptors (Lipinski definition) is 8. The molecule has 4 fully saturated rings. The van der Waals surface area contributed by atoms with Gasteiger partial charge in [-0.05, 0) is 224 Å². The van der Waals surface area contributed by atoms with Crippen LogP contribution in [0, 0.1) is 13.8 Å². The van der Waals surface area contributed by atoms with E-state index in [9.17, 15) is 0 Å². The Labute approximate surface area is 534 Å². The fourth-order valence-corrected chi connectivity index (χ4v) is 12.6. The lowest BCUT2D eigenvalue weighted by Crippen LogP contribution is -2.41. The van der Waals surface area contributed by atoms with Crippen LogP contribution >= 0.6 is 0 Å².